The summed E-state index contributed by atoms with van der Waals surface area (Å²) in [5.74, 6) is -0.361. The van der Waals surface area contributed by atoms with E-state index in [9.17, 15) is 39.3 Å². The molecular formula is C56H82Cl3N5O11. The zero-order valence-electron chi connectivity index (χ0n) is 45.3. The fourth-order valence-corrected chi connectivity index (χ4v) is 8.48. The van der Waals surface area contributed by atoms with E-state index >= 15 is 0 Å². The van der Waals surface area contributed by atoms with E-state index in [4.69, 9.17) is 49.0 Å². The molecule has 4 amide bonds. The van der Waals surface area contributed by atoms with Crippen LogP contribution in [-0.4, -0.2) is 163 Å². The summed E-state index contributed by atoms with van der Waals surface area (Å²) in [6, 6.07) is 29.5. The summed E-state index contributed by atoms with van der Waals surface area (Å²) in [6.45, 7) is 20.2. The number of benzene rings is 3. The van der Waals surface area contributed by atoms with Crippen LogP contribution in [0.4, 0.5) is 14.4 Å². The molecular weight excluding hydrogens is 1020 g/mol. The SMILES string of the molecule is CC(C)(C)OC(=O)N1CC[C@H](N(Cc2ccccc2)C(=O)CCl)[C@@H](O)C1.CC(C)(C)OC(=O)N1CC[C@H](NCc2ccccc2)[C@@H](O)C1.CC(C)(C)OC(=O)N1CC[C@H](O)[C@@H](CCc2ccccc2)C1.O=C(Cl)CCl. The van der Waals surface area contributed by atoms with Gasteiger partial charge in [0.05, 0.1) is 43.3 Å². The minimum atomic E-state index is -0.854. The number of hydrogen-bond acceptors (Lipinski definition) is 12. The smallest absolute Gasteiger partial charge is 0.410 e. The Balaban J connectivity index is 0.000000284. The van der Waals surface area contributed by atoms with Gasteiger partial charge in [-0.25, -0.2) is 14.4 Å². The van der Waals surface area contributed by atoms with Gasteiger partial charge in [-0.2, -0.15) is 0 Å². The van der Waals surface area contributed by atoms with Crippen molar-refractivity contribution in [3.8, 4) is 0 Å². The molecule has 75 heavy (non-hydrogen) atoms. The lowest BCUT2D eigenvalue weighted by molar-refractivity contribution is -0.136. The number of carbonyl (C=O) groups is 5. The first-order valence-electron chi connectivity index (χ1n) is 25.6. The van der Waals surface area contributed by atoms with E-state index in [0.29, 0.717) is 58.5 Å². The zero-order chi connectivity index (χ0) is 55.9. The number of ether oxygens (including phenoxy) is 3. The Morgan fingerprint density at radius 2 is 0.987 bits per heavy atom. The lowest BCUT2D eigenvalue weighted by Gasteiger charge is -2.41. The van der Waals surface area contributed by atoms with Gasteiger partial charge in [-0.05, 0) is 123 Å². The highest BCUT2D eigenvalue weighted by Crippen LogP contribution is 2.25. The molecule has 4 N–H and O–H groups in total. The summed E-state index contributed by atoms with van der Waals surface area (Å²) in [5.41, 5.74) is 1.84. The maximum absolute atomic E-state index is 12.3. The summed E-state index contributed by atoms with van der Waals surface area (Å²) < 4.78 is 16.1. The maximum atomic E-state index is 12.3. The Bertz CT molecular complexity index is 2180. The number of carbonyl (C=O) groups excluding carboxylic acids is 5. The van der Waals surface area contributed by atoms with Gasteiger partial charge >= 0.3 is 18.3 Å². The van der Waals surface area contributed by atoms with Gasteiger partial charge in [-0.1, -0.05) is 91.0 Å². The third-order valence-corrected chi connectivity index (χ3v) is 12.7. The van der Waals surface area contributed by atoms with Crippen LogP contribution in [0.5, 0.6) is 0 Å². The van der Waals surface area contributed by atoms with E-state index in [0.717, 1.165) is 24.9 Å². The Labute approximate surface area is 459 Å². The molecule has 0 unspecified atom stereocenters. The number of hydrogen-bond donors (Lipinski definition) is 4. The largest absolute Gasteiger partial charge is 0.444 e. The van der Waals surface area contributed by atoms with E-state index < -0.39 is 40.3 Å². The number of alkyl halides is 2. The monoisotopic (exact) mass is 1110 g/mol. The van der Waals surface area contributed by atoms with Crippen molar-refractivity contribution in [2.24, 2.45) is 5.92 Å². The molecule has 0 spiro atoms. The fourth-order valence-electron chi connectivity index (χ4n) is 8.32. The third kappa shape index (κ3) is 25.4. The van der Waals surface area contributed by atoms with Crippen molar-refractivity contribution < 1.29 is 53.5 Å². The van der Waals surface area contributed by atoms with Gasteiger partial charge in [-0.3, -0.25) is 9.59 Å². The molecule has 3 aromatic rings. The van der Waals surface area contributed by atoms with Crippen LogP contribution in [0.15, 0.2) is 91.0 Å². The predicted molar refractivity (Wildman–Crippen MR) is 294 cm³/mol. The predicted octanol–water partition coefficient (Wildman–Crippen LogP) is 9.00. The van der Waals surface area contributed by atoms with Crippen LogP contribution >= 0.6 is 34.8 Å². The number of likely N-dealkylation sites (tertiary alicyclic amines) is 3. The second kappa shape index (κ2) is 31.5. The van der Waals surface area contributed by atoms with Crippen LogP contribution in [0.1, 0.15) is 105 Å². The molecule has 3 aromatic carbocycles. The van der Waals surface area contributed by atoms with Gasteiger partial charge < -0.3 is 54.4 Å². The second-order valence-corrected chi connectivity index (χ2v) is 22.8. The Morgan fingerprint density at radius 3 is 1.41 bits per heavy atom. The number of nitrogens with one attached hydrogen (secondary N) is 1. The standard InChI is InChI=1S/C19H27ClN2O4.C18H27NO3.C17H26N2O3.C2H2Cl2O/c1-19(2,3)26-18(25)21-10-9-15(16(23)13-21)22(17(24)11-20)12-14-7-5-4-6-8-14;1-18(2,3)22-17(21)19-12-11-16(20)15(13-19)10-9-14-7-5-4-6-8-14;1-17(2,3)22-16(21)19-10-9-14(15(20)12-19)18-11-13-7-5-4-6-8-13;3-1-2(4)5/h4-8,15-16,23H,9-13H2,1-3H3;4-8,15-16,20H,9-13H2,1-3H3;4-8,14-15,18,20H,9-12H2,1-3H3;1H2/t2*15-,16-;14-,15-;/m000./s1. The molecule has 6 rings (SSSR count). The van der Waals surface area contributed by atoms with E-state index in [-0.39, 0.29) is 60.5 Å². The highest BCUT2D eigenvalue weighted by Gasteiger charge is 2.38. The van der Waals surface area contributed by atoms with Crippen molar-refractivity contribution in [1.29, 1.82) is 0 Å². The van der Waals surface area contributed by atoms with Crippen LogP contribution in [0.25, 0.3) is 0 Å². The van der Waals surface area contributed by atoms with Crippen molar-refractivity contribution in [1.82, 2.24) is 24.9 Å². The first kappa shape index (κ1) is 64.6. The molecule has 3 aliphatic rings. The molecule has 3 saturated heterocycles. The zero-order valence-corrected chi connectivity index (χ0v) is 47.5. The second-order valence-electron chi connectivity index (χ2n) is 21.8. The number of aliphatic hydroxyl groups excluding tert-OH is 3. The summed E-state index contributed by atoms with van der Waals surface area (Å²) in [6.07, 6.45) is 0.766. The third-order valence-electron chi connectivity index (χ3n) is 12.0. The molecule has 0 saturated carbocycles. The van der Waals surface area contributed by atoms with Crippen molar-refractivity contribution >= 4 is 64.2 Å². The minimum absolute atomic E-state index is 0.00103. The molecule has 3 fully saturated rings. The van der Waals surface area contributed by atoms with E-state index in [2.05, 4.69) is 29.6 Å². The number of aryl methyl sites for hydroxylation is 1. The lowest BCUT2D eigenvalue weighted by atomic mass is 9.89. The first-order valence-corrected chi connectivity index (χ1v) is 27.1. The molecule has 19 heteroatoms. The summed E-state index contributed by atoms with van der Waals surface area (Å²) in [7, 11) is 0. The molecule has 0 aliphatic carbocycles. The number of β-amino-alcohol motifs (C(OH)–C–C–N with tert-alkyl or cyclic N) is 2. The van der Waals surface area contributed by atoms with Gasteiger partial charge in [-0.15, -0.1) is 23.2 Å². The van der Waals surface area contributed by atoms with Crippen LogP contribution in [0, 0.1) is 5.92 Å². The summed E-state index contributed by atoms with van der Waals surface area (Å²) in [4.78, 5) is 64.6. The van der Waals surface area contributed by atoms with Gasteiger partial charge in [0.25, 0.3) is 0 Å². The highest BCUT2D eigenvalue weighted by molar-refractivity contribution is 6.67. The van der Waals surface area contributed by atoms with Gasteiger partial charge in [0, 0.05) is 51.2 Å². The average molecular weight is 1110 g/mol. The molecule has 0 bridgehead atoms. The average Bonchev–Trinajstić information content (AvgIpc) is 3.34. The molecule has 0 radical (unpaired) electrons. The Morgan fingerprint density at radius 1 is 0.573 bits per heavy atom. The fraction of sp³-hybridized carbons (Fsp3) is 0.589. The normalized spacial score (nSPS) is 20.8. The van der Waals surface area contributed by atoms with Crippen LogP contribution in [-0.2, 0) is 43.3 Å². The topological polar surface area (TPSA) is 199 Å². The Hall–Kier alpha value is -4.68. The van der Waals surface area contributed by atoms with Crippen molar-refractivity contribution in [2.45, 2.75) is 155 Å². The molecule has 3 heterocycles. The Kier molecular flexibility index (Phi) is 27.2. The molecule has 3 aliphatic heterocycles. The quantitative estimate of drug-likeness (QED) is 0.0809. The van der Waals surface area contributed by atoms with Gasteiger partial charge in [0.1, 0.15) is 22.7 Å². The molecule has 6 atom stereocenters. The summed E-state index contributed by atoms with van der Waals surface area (Å²) in [5, 5.41) is 33.9. The van der Waals surface area contributed by atoms with E-state index in [1.54, 1.807) is 35.5 Å². The maximum Gasteiger partial charge on any atom is 0.410 e. The number of halogens is 3. The van der Waals surface area contributed by atoms with Gasteiger partial charge in [0.2, 0.25) is 11.1 Å². The van der Waals surface area contributed by atoms with Gasteiger partial charge in [0.15, 0.2) is 0 Å². The molecule has 418 valence electrons. The number of piperidine rings is 3. The van der Waals surface area contributed by atoms with Crippen molar-refractivity contribution in [2.75, 3.05) is 51.0 Å². The van der Waals surface area contributed by atoms with Crippen LogP contribution < -0.4 is 5.32 Å². The van der Waals surface area contributed by atoms with Crippen LogP contribution in [0.2, 0.25) is 0 Å². The number of rotatable bonds is 11. The number of nitrogens with zero attached hydrogens (tertiary/aromatic N) is 4. The van der Waals surface area contributed by atoms with Crippen molar-refractivity contribution in [3.63, 3.8) is 0 Å². The molecule has 16 nitrogen and oxygen atoms in total. The number of amides is 4. The van der Waals surface area contributed by atoms with Crippen LogP contribution in [0.3, 0.4) is 0 Å². The summed E-state index contributed by atoms with van der Waals surface area (Å²) >= 11 is 15.3. The molecule has 0 aromatic heterocycles. The van der Waals surface area contributed by atoms with E-state index in [1.807, 2.05) is 108 Å². The number of aliphatic hydroxyl groups is 3. The van der Waals surface area contributed by atoms with E-state index in [1.165, 1.54) is 16.0 Å². The van der Waals surface area contributed by atoms with Crippen molar-refractivity contribution in [3.05, 3.63) is 108 Å². The minimum Gasteiger partial charge on any atom is -0.444 e. The highest BCUT2D eigenvalue weighted by atomic mass is 35.5. The first-order chi connectivity index (χ1) is 35.2. The lowest BCUT2D eigenvalue weighted by Crippen LogP contribution is -2.57.